The highest BCUT2D eigenvalue weighted by molar-refractivity contribution is 6.19. The second-order valence-corrected chi connectivity index (χ2v) is 12.1. The first-order valence-electron chi connectivity index (χ1n) is 16.9. The number of nitrogens with one attached hydrogen (secondary N) is 2. The van der Waals surface area contributed by atoms with Crippen molar-refractivity contribution >= 4 is 11.6 Å². The molecule has 2 aromatic rings. The Morgan fingerprint density at radius 2 is 0.932 bits per heavy atom. The van der Waals surface area contributed by atoms with Gasteiger partial charge in [0.05, 0.1) is 11.4 Å². The zero-order valence-electron chi connectivity index (χ0n) is 27.8. The van der Waals surface area contributed by atoms with Crippen molar-refractivity contribution in [1.82, 2.24) is 20.4 Å². The molecule has 0 aromatic heterocycles. The second-order valence-electron chi connectivity index (χ2n) is 12.1. The van der Waals surface area contributed by atoms with Gasteiger partial charge in [-0.15, -0.1) is 0 Å². The van der Waals surface area contributed by atoms with Crippen molar-refractivity contribution in [1.29, 1.82) is 0 Å². The van der Waals surface area contributed by atoms with Gasteiger partial charge in [0.25, 0.3) is 0 Å². The number of unbranched alkanes of at least 4 members (excludes halogenated alkanes) is 6. The number of allylic oxidation sites excluding steroid dienone is 2. The van der Waals surface area contributed by atoms with Crippen molar-refractivity contribution in [2.24, 2.45) is 0 Å². The number of carbonyl (C=O) groups excluding carboxylic acids is 2. The van der Waals surface area contributed by atoms with Gasteiger partial charge in [0.2, 0.25) is 11.6 Å². The zero-order valence-corrected chi connectivity index (χ0v) is 27.8. The van der Waals surface area contributed by atoms with Crippen LogP contribution in [0, 0.1) is 13.8 Å². The van der Waals surface area contributed by atoms with E-state index in [1.165, 1.54) is 47.2 Å². The van der Waals surface area contributed by atoms with Crippen LogP contribution in [0.25, 0.3) is 0 Å². The highest BCUT2D eigenvalue weighted by Crippen LogP contribution is 2.14. The highest BCUT2D eigenvalue weighted by Gasteiger charge is 2.19. The predicted molar refractivity (Wildman–Crippen MR) is 183 cm³/mol. The lowest BCUT2D eigenvalue weighted by Gasteiger charge is -2.21. The summed E-state index contributed by atoms with van der Waals surface area (Å²) >= 11 is 0. The Balaban J connectivity index is 1.22. The van der Waals surface area contributed by atoms with Crippen molar-refractivity contribution in [3.63, 3.8) is 0 Å². The van der Waals surface area contributed by atoms with Gasteiger partial charge >= 0.3 is 0 Å². The summed E-state index contributed by atoms with van der Waals surface area (Å²) in [6.45, 7) is 16.6. The molecule has 1 aliphatic rings. The molecule has 6 heteroatoms. The molecule has 0 atom stereocenters. The molecule has 2 N–H and O–H groups in total. The number of aryl methyl sites for hydroxylation is 2. The van der Waals surface area contributed by atoms with Gasteiger partial charge in [-0.1, -0.05) is 88.1 Å². The standard InChI is InChI=1S/C38H56N4O2/c1-5-41(29-33-21-13-11-19-31(33)3)25-17-9-7-15-23-39-35-27-38(44)36(28-37(35)43)40-24-16-8-10-18-26-42(6-2)30-34-22-14-12-20-32(34)4/h11-14,19-22,27-28,39-40H,5-10,15-18,23-26,29-30H2,1-4H3. The molecule has 0 amide bonds. The van der Waals surface area contributed by atoms with Gasteiger partial charge in [0.1, 0.15) is 0 Å². The lowest BCUT2D eigenvalue weighted by Crippen LogP contribution is -2.30. The highest BCUT2D eigenvalue weighted by atomic mass is 16.1. The van der Waals surface area contributed by atoms with Gasteiger partial charge < -0.3 is 10.6 Å². The van der Waals surface area contributed by atoms with Crippen molar-refractivity contribution in [2.75, 3.05) is 39.3 Å². The third kappa shape index (κ3) is 12.4. The lowest BCUT2D eigenvalue weighted by molar-refractivity contribution is -0.115. The molecular formula is C38H56N4O2. The summed E-state index contributed by atoms with van der Waals surface area (Å²) in [5.41, 5.74) is 6.37. The molecule has 0 saturated carbocycles. The molecule has 2 aromatic carbocycles. The van der Waals surface area contributed by atoms with Crippen molar-refractivity contribution in [2.45, 2.75) is 92.2 Å². The van der Waals surface area contributed by atoms with Gasteiger partial charge in [0, 0.05) is 38.3 Å². The summed E-state index contributed by atoms with van der Waals surface area (Å²) in [4.78, 5) is 30.2. The Kier molecular flexibility index (Phi) is 16.0. The molecular weight excluding hydrogens is 544 g/mol. The van der Waals surface area contributed by atoms with E-state index in [-0.39, 0.29) is 11.6 Å². The van der Waals surface area contributed by atoms with Crippen LogP contribution in [-0.2, 0) is 22.7 Å². The maximum Gasteiger partial charge on any atom is 0.203 e. The van der Waals surface area contributed by atoms with Crippen LogP contribution in [0.3, 0.4) is 0 Å². The van der Waals surface area contributed by atoms with E-state index in [1.807, 2.05) is 0 Å². The van der Waals surface area contributed by atoms with Crippen LogP contribution in [-0.4, -0.2) is 60.6 Å². The fourth-order valence-corrected chi connectivity index (χ4v) is 5.67. The normalized spacial score (nSPS) is 13.4. The van der Waals surface area contributed by atoms with E-state index in [4.69, 9.17) is 0 Å². The van der Waals surface area contributed by atoms with E-state index in [9.17, 15) is 9.59 Å². The summed E-state index contributed by atoms with van der Waals surface area (Å²) in [7, 11) is 0. The monoisotopic (exact) mass is 600 g/mol. The minimum atomic E-state index is -0.116. The number of nitrogens with zero attached hydrogens (tertiary/aromatic N) is 2. The topological polar surface area (TPSA) is 64.7 Å². The van der Waals surface area contributed by atoms with Gasteiger partial charge in [-0.2, -0.15) is 0 Å². The van der Waals surface area contributed by atoms with Crippen LogP contribution in [0.1, 0.15) is 87.5 Å². The molecule has 0 aliphatic heterocycles. The summed E-state index contributed by atoms with van der Waals surface area (Å²) in [5, 5.41) is 6.40. The maximum absolute atomic E-state index is 12.6. The van der Waals surface area contributed by atoms with E-state index in [2.05, 4.69) is 96.7 Å². The number of rotatable bonds is 22. The van der Waals surface area contributed by atoms with Crippen LogP contribution >= 0.6 is 0 Å². The zero-order chi connectivity index (χ0) is 31.6. The summed E-state index contributed by atoms with van der Waals surface area (Å²) in [6, 6.07) is 17.2. The summed E-state index contributed by atoms with van der Waals surface area (Å²) in [5.74, 6) is -0.231. The van der Waals surface area contributed by atoms with Gasteiger partial charge in [-0.25, -0.2) is 0 Å². The molecule has 0 radical (unpaired) electrons. The summed E-state index contributed by atoms with van der Waals surface area (Å²) < 4.78 is 0. The van der Waals surface area contributed by atoms with Crippen LogP contribution in [0.2, 0.25) is 0 Å². The number of hydrogen-bond acceptors (Lipinski definition) is 6. The minimum Gasteiger partial charge on any atom is -0.382 e. The Bertz CT molecular complexity index is 1140. The van der Waals surface area contributed by atoms with E-state index >= 15 is 0 Å². The quantitative estimate of drug-likeness (QED) is 0.114. The van der Waals surface area contributed by atoms with Crippen molar-refractivity contribution in [3.8, 4) is 0 Å². The number of carbonyl (C=O) groups is 2. The maximum atomic E-state index is 12.6. The van der Waals surface area contributed by atoms with Gasteiger partial charge in [-0.3, -0.25) is 19.4 Å². The molecule has 0 unspecified atom stereocenters. The summed E-state index contributed by atoms with van der Waals surface area (Å²) in [6.07, 6.45) is 11.8. The van der Waals surface area contributed by atoms with Crippen LogP contribution in [0.5, 0.6) is 0 Å². The fraction of sp³-hybridized carbons (Fsp3) is 0.526. The smallest absolute Gasteiger partial charge is 0.203 e. The average molecular weight is 601 g/mol. The lowest BCUT2D eigenvalue weighted by atomic mass is 10.1. The molecule has 1 aliphatic carbocycles. The van der Waals surface area contributed by atoms with E-state index in [0.29, 0.717) is 24.5 Å². The van der Waals surface area contributed by atoms with E-state index in [1.54, 1.807) is 0 Å². The third-order valence-electron chi connectivity index (χ3n) is 8.72. The number of benzene rings is 2. The molecule has 6 nitrogen and oxygen atoms in total. The average Bonchev–Trinajstić information content (AvgIpc) is 3.02. The molecule has 0 bridgehead atoms. The second kappa shape index (κ2) is 19.9. The molecule has 0 saturated heterocycles. The fourth-order valence-electron chi connectivity index (χ4n) is 5.67. The van der Waals surface area contributed by atoms with Gasteiger partial charge in [-0.05, 0) is 88.0 Å². The predicted octanol–water partition coefficient (Wildman–Crippen LogP) is 6.87. The molecule has 3 rings (SSSR count). The van der Waals surface area contributed by atoms with Crippen molar-refractivity contribution in [3.05, 3.63) is 94.3 Å². The van der Waals surface area contributed by atoms with Crippen LogP contribution in [0.4, 0.5) is 0 Å². The molecule has 0 spiro atoms. The number of hydrogen-bond donors (Lipinski definition) is 2. The Morgan fingerprint density at radius 3 is 1.32 bits per heavy atom. The first-order valence-corrected chi connectivity index (χ1v) is 16.9. The Labute approximate surface area is 267 Å². The number of ketones is 2. The van der Waals surface area contributed by atoms with Crippen LogP contribution < -0.4 is 10.6 Å². The molecule has 240 valence electrons. The van der Waals surface area contributed by atoms with Crippen molar-refractivity contribution < 1.29 is 9.59 Å². The Morgan fingerprint density at radius 1 is 0.545 bits per heavy atom. The first-order chi connectivity index (χ1) is 21.4. The van der Waals surface area contributed by atoms with E-state index < -0.39 is 0 Å². The largest absolute Gasteiger partial charge is 0.382 e. The molecule has 44 heavy (non-hydrogen) atoms. The Hall–Kier alpha value is -3.22. The van der Waals surface area contributed by atoms with Crippen LogP contribution in [0.15, 0.2) is 72.1 Å². The van der Waals surface area contributed by atoms with Gasteiger partial charge in [0.15, 0.2) is 0 Å². The van der Waals surface area contributed by atoms with E-state index in [0.717, 1.165) is 77.8 Å². The molecule has 0 heterocycles. The minimum absolute atomic E-state index is 0.116. The third-order valence-corrected chi connectivity index (χ3v) is 8.72. The first kappa shape index (κ1) is 35.3. The molecule has 0 fully saturated rings. The SMILES string of the molecule is CCN(CCCCCCNC1=CC(=O)C(NCCCCCCN(CC)Cc2ccccc2C)=CC1=O)Cc1ccccc1C.